The van der Waals surface area contributed by atoms with Gasteiger partial charge in [0.1, 0.15) is 17.5 Å². The molecular weight excluding hydrogens is 261 g/mol. The van der Waals surface area contributed by atoms with Gasteiger partial charge in [0.25, 0.3) is 0 Å². The van der Waals surface area contributed by atoms with Crippen LogP contribution in [-0.2, 0) is 0 Å². The van der Waals surface area contributed by atoms with Gasteiger partial charge in [0.05, 0.1) is 5.38 Å². The molecule has 0 fully saturated rings. The number of hydrogen-bond acceptors (Lipinski definition) is 0. The van der Waals surface area contributed by atoms with Crippen molar-refractivity contribution >= 4 is 11.6 Å². The van der Waals surface area contributed by atoms with Gasteiger partial charge in [0.2, 0.25) is 0 Å². The molecule has 18 heavy (non-hydrogen) atoms. The fourth-order valence-corrected chi connectivity index (χ4v) is 2.02. The molecule has 1 atom stereocenters. The number of rotatable bonds is 2. The maximum Gasteiger partial charge on any atom is 0.128 e. The summed E-state index contributed by atoms with van der Waals surface area (Å²) in [6.07, 6.45) is 0. The summed E-state index contributed by atoms with van der Waals surface area (Å²) in [5.74, 6) is -1.50. The lowest BCUT2D eigenvalue weighted by Crippen LogP contribution is -1.99. The van der Waals surface area contributed by atoms with Crippen LogP contribution in [0, 0.1) is 24.4 Å². The molecule has 0 nitrogen and oxygen atoms in total. The van der Waals surface area contributed by atoms with Gasteiger partial charge in [-0.25, -0.2) is 13.2 Å². The Labute approximate surface area is 108 Å². The minimum Gasteiger partial charge on any atom is -0.207 e. The van der Waals surface area contributed by atoms with E-state index in [0.29, 0.717) is 11.1 Å². The summed E-state index contributed by atoms with van der Waals surface area (Å²) in [6.45, 7) is 1.59. The minimum atomic E-state index is -0.847. The molecule has 0 aliphatic heterocycles. The Morgan fingerprint density at radius 1 is 0.944 bits per heavy atom. The van der Waals surface area contributed by atoms with E-state index in [9.17, 15) is 13.2 Å². The number of hydrogen-bond donors (Lipinski definition) is 0. The SMILES string of the molecule is Cc1cc(C(Cl)c2cc(F)ccc2F)ccc1F. The van der Waals surface area contributed by atoms with Crippen LogP contribution in [0.3, 0.4) is 0 Å². The lowest BCUT2D eigenvalue weighted by Gasteiger charge is -2.12. The van der Waals surface area contributed by atoms with Crippen LogP contribution >= 0.6 is 11.6 Å². The van der Waals surface area contributed by atoms with Crippen LogP contribution in [-0.4, -0.2) is 0 Å². The second kappa shape index (κ2) is 5.02. The Bertz CT molecular complexity index is 581. The molecule has 0 spiro atoms. The highest BCUT2D eigenvalue weighted by molar-refractivity contribution is 6.22. The van der Waals surface area contributed by atoms with E-state index in [-0.39, 0.29) is 11.4 Å². The van der Waals surface area contributed by atoms with Crippen LogP contribution in [0.25, 0.3) is 0 Å². The van der Waals surface area contributed by atoms with E-state index >= 15 is 0 Å². The van der Waals surface area contributed by atoms with Crippen molar-refractivity contribution < 1.29 is 13.2 Å². The molecule has 2 rings (SSSR count). The molecule has 2 aromatic rings. The van der Waals surface area contributed by atoms with Crippen LogP contribution in [0.1, 0.15) is 22.1 Å². The van der Waals surface area contributed by atoms with Crippen LogP contribution in [0.5, 0.6) is 0 Å². The Hall–Kier alpha value is -1.48. The Balaban J connectivity index is 2.44. The zero-order valence-electron chi connectivity index (χ0n) is 9.55. The first-order valence-corrected chi connectivity index (χ1v) is 5.78. The molecule has 0 heterocycles. The van der Waals surface area contributed by atoms with Gasteiger partial charge in [-0.1, -0.05) is 12.1 Å². The molecular formula is C14H10ClF3. The Kier molecular flexibility index (Phi) is 3.62. The predicted molar refractivity (Wildman–Crippen MR) is 65.2 cm³/mol. The van der Waals surface area contributed by atoms with Gasteiger partial charge >= 0.3 is 0 Å². The largest absolute Gasteiger partial charge is 0.207 e. The highest BCUT2D eigenvalue weighted by Gasteiger charge is 2.16. The van der Waals surface area contributed by atoms with Crippen LogP contribution in [0.2, 0.25) is 0 Å². The summed E-state index contributed by atoms with van der Waals surface area (Å²) < 4.78 is 39.8. The topological polar surface area (TPSA) is 0 Å². The highest BCUT2D eigenvalue weighted by atomic mass is 35.5. The monoisotopic (exact) mass is 270 g/mol. The molecule has 0 saturated heterocycles. The van der Waals surface area contributed by atoms with Gasteiger partial charge in [-0.3, -0.25) is 0 Å². The third-order valence-corrected chi connectivity index (χ3v) is 3.19. The number of halogens is 4. The normalized spacial score (nSPS) is 12.5. The summed E-state index contributed by atoms with van der Waals surface area (Å²) in [5, 5.41) is -0.847. The van der Waals surface area contributed by atoms with Gasteiger partial charge < -0.3 is 0 Å². The van der Waals surface area contributed by atoms with Crippen LogP contribution in [0.15, 0.2) is 36.4 Å². The maximum atomic E-state index is 13.6. The molecule has 4 heteroatoms. The molecule has 0 N–H and O–H groups in total. The molecule has 2 aromatic carbocycles. The lowest BCUT2D eigenvalue weighted by molar-refractivity contribution is 0.586. The molecule has 0 saturated carbocycles. The average molecular weight is 271 g/mol. The maximum absolute atomic E-state index is 13.6. The highest BCUT2D eigenvalue weighted by Crippen LogP contribution is 2.31. The second-order valence-corrected chi connectivity index (χ2v) is 4.47. The van der Waals surface area contributed by atoms with Gasteiger partial charge in [-0.2, -0.15) is 0 Å². The summed E-state index contributed by atoms with van der Waals surface area (Å²) in [5.41, 5.74) is 0.984. The molecule has 0 radical (unpaired) electrons. The summed E-state index contributed by atoms with van der Waals surface area (Å²) in [4.78, 5) is 0. The van der Waals surface area contributed by atoms with Crippen molar-refractivity contribution in [3.8, 4) is 0 Å². The van der Waals surface area contributed by atoms with Crippen molar-refractivity contribution in [3.05, 3.63) is 70.5 Å². The molecule has 94 valence electrons. The Morgan fingerprint density at radius 3 is 2.28 bits per heavy atom. The third-order valence-electron chi connectivity index (χ3n) is 2.71. The molecule has 0 aliphatic carbocycles. The number of benzene rings is 2. The third kappa shape index (κ3) is 2.51. The van der Waals surface area contributed by atoms with Gasteiger partial charge in [0.15, 0.2) is 0 Å². The van der Waals surface area contributed by atoms with E-state index in [2.05, 4.69) is 0 Å². The summed E-state index contributed by atoms with van der Waals surface area (Å²) in [7, 11) is 0. The van der Waals surface area contributed by atoms with E-state index in [1.54, 1.807) is 6.92 Å². The molecule has 0 aliphatic rings. The van der Waals surface area contributed by atoms with Crippen molar-refractivity contribution in [3.63, 3.8) is 0 Å². The first-order chi connectivity index (χ1) is 8.49. The fourth-order valence-electron chi connectivity index (χ4n) is 1.71. The summed E-state index contributed by atoms with van der Waals surface area (Å²) in [6, 6.07) is 7.35. The lowest BCUT2D eigenvalue weighted by atomic mass is 10.0. The van der Waals surface area contributed by atoms with Crippen LogP contribution in [0.4, 0.5) is 13.2 Å². The smallest absolute Gasteiger partial charge is 0.128 e. The zero-order chi connectivity index (χ0) is 13.3. The Morgan fingerprint density at radius 2 is 1.61 bits per heavy atom. The van der Waals surface area contributed by atoms with Crippen molar-refractivity contribution in [1.29, 1.82) is 0 Å². The predicted octanol–water partition coefficient (Wildman–Crippen LogP) is 4.74. The van der Waals surface area contributed by atoms with E-state index < -0.39 is 17.0 Å². The first-order valence-electron chi connectivity index (χ1n) is 5.34. The van der Waals surface area contributed by atoms with Gasteiger partial charge in [-0.05, 0) is 42.3 Å². The molecule has 0 aromatic heterocycles. The van der Waals surface area contributed by atoms with Crippen molar-refractivity contribution in [1.82, 2.24) is 0 Å². The standard InChI is InChI=1S/C14H10ClF3/c1-8-6-9(2-4-12(8)17)14(15)11-7-10(16)3-5-13(11)18/h2-7,14H,1H3. The van der Waals surface area contributed by atoms with E-state index in [1.165, 1.54) is 18.2 Å². The van der Waals surface area contributed by atoms with Gasteiger partial charge in [0, 0.05) is 5.56 Å². The van der Waals surface area contributed by atoms with Crippen LogP contribution < -0.4 is 0 Å². The van der Waals surface area contributed by atoms with Crippen molar-refractivity contribution in [2.24, 2.45) is 0 Å². The van der Waals surface area contributed by atoms with Gasteiger partial charge in [-0.15, -0.1) is 11.6 Å². The average Bonchev–Trinajstić information content (AvgIpc) is 2.35. The minimum absolute atomic E-state index is 0.0441. The van der Waals surface area contributed by atoms with Crippen molar-refractivity contribution in [2.75, 3.05) is 0 Å². The second-order valence-electron chi connectivity index (χ2n) is 4.04. The first kappa shape index (κ1) is 13.0. The van der Waals surface area contributed by atoms with E-state index in [1.807, 2.05) is 0 Å². The number of aryl methyl sites for hydroxylation is 1. The molecule has 1 unspecified atom stereocenters. The summed E-state index contributed by atoms with van der Waals surface area (Å²) >= 11 is 6.10. The zero-order valence-corrected chi connectivity index (χ0v) is 10.3. The quantitative estimate of drug-likeness (QED) is 0.692. The van der Waals surface area contributed by atoms with Crippen molar-refractivity contribution in [2.45, 2.75) is 12.3 Å². The molecule has 0 bridgehead atoms. The van der Waals surface area contributed by atoms with E-state index in [0.717, 1.165) is 18.2 Å². The number of alkyl halides is 1. The molecule has 0 amide bonds. The fraction of sp³-hybridized carbons (Fsp3) is 0.143. The van der Waals surface area contributed by atoms with E-state index in [4.69, 9.17) is 11.6 Å².